The molecule has 0 saturated carbocycles. The molecule has 6 heteroatoms. The van der Waals surface area contributed by atoms with Crippen molar-refractivity contribution in [1.29, 1.82) is 0 Å². The van der Waals surface area contributed by atoms with Gasteiger partial charge in [-0.3, -0.25) is 15.0 Å². The SMILES string of the molecule is CC(C)(Cc1ccc2ccccc2c1)NC[C@@H](O)[C@H]1CCCN1Cc1ccccc1[N+](=O)[O-]. The molecule has 1 aliphatic heterocycles. The first-order chi connectivity index (χ1) is 15.8. The second-order valence-electron chi connectivity index (χ2n) is 9.76. The Kier molecular flexibility index (Phi) is 7.08. The van der Waals surface area contributed by atoms with E-state index in [9.17, 15) is 15.2 Å². The van der Waals surface area contributed by atoms with Crippen LogP contribution in [0, 0.1) is 10.1 Å². The van der Waals surface area contributed by atoms with E-state index in [4.69, 9.17) is 0 Å². The summed E-state index contributed by atoms with van der Waals surface area (Å²) in [5.41, 5.74) is 1.93. The van der Waals surface area contributed by atoms with Crippen molar-refractivity contribution in [3.63, 3.8) is 0 Å². The molecule has 0 aliphatic carbocycles. The normalized spacial score (nSPS) is 18.0. The van der Waals surface area contributed by atoms with E-state index in [1.165, 1.54) is 16.3 Å². The van der Waals surface area contributed by atoms with Gasteiger partial charge in [-0.1, -0.05) is 60.7 Å². The molecule has 0 bridgehead atoms. The molecule has 1 heterocycles. The first-order valence-electron chi connectivity index (χ1n) is 11.7. The van der Waals surface area contributed by atoms with E-state index >= 15 is 0 Å². The molecule has 1 fully saturated rings. The lowest BCUT2D eigenvalue weighted by Gasteiger charge is -2.32. The lowest BCUT2D eigenvalue weighted by atomic mass is 9.93. The standard InChI is InChI=1S/C27H33N3O3/c1-27(2,17-20-13-14-21-8-3-4-9-22(21)16-20)28-18-26(31)25-12-7-15-29(25)19-23-10-5-6-11-24(23)30(32)33/h3-6,8-11,13-14,16,25-26,28,31H,7,12,15,17-19H2,1-2H3/t25-,26-/m1/s1. The Morgan fingerprint density at radius 2 is 1.85 bits per heavy atom. The molecule has 1 saturated heterocycles. The molecule has 6 nitrogen and oxygen atoms in total. The molecule has 1 aliphatic rings. The minimum absolute atomic E-state index is 0.00576. The van der Waals surface area contributed by atoms with Gasteiger partial charge in [-0.25, -0.2) is 0 Å². The van der Waals surface area contributed by atoms with Gasteiger partial charge in [0.15, 0.2) is 0 Å². The summed E-state index contributed by atoms with van der Waals surface area (Å²) in [4.78, 5) is 13.2. The molecule has 2 N–H and O–H groups in total. The summed E-state index contributed by atoms with van der Waals surface area (Å²) in [6.07, 6.45) is 2.21. The van der Waals surface area contributed by atoms with Crippen LogP contribution in [0.25, 0.3) is 10.8 Å². The van der Waals surface area contributed by atoms with E-state index in [0.29, 0.717) is 18.7 Å². The quantitative estimate of drug-likeness (QED) is 0.368. The number of nitro groups is 1. The van der Waals surface area contributed by atoms with Crippen LogP contribution >= 0.6 is 0 Å². The number of hydrogen-bond acceptors (Lipinski definition) is 5. The number of fused-ring (bicyclic) bond motifs is 1. The van der Waals surface area contributed by atoms with E-state index in [0.717, 1.165) is 25.8 Å². The minimum atomic E-state index is -0.536. The van der Waals surface area contributed by atoms with Crippen molar-refractivity contribution in [2.45, 2.75) is 57.3 Å². The zero-order valence-electron chi connectivity index (χ0n) is 19.4. The van der Waals surface area contributed by atoms with Crippen LogP contribution in [0.4, 0.5) is 5.69 Å². The maximum atomic E-state index is 11.4. The maximum Gasteiger partial charge on any atom is 0.273 e. The number of likely N-dealkylation sites (tertiary alicyclic amines) is 1. The topological polar surface area (TPSA) is 78.6 Å². The van der Waals surface area contributed by atoms with Gasteiger partial charge in [-0.15, -0.1) is 0 Å². The van der Waals surface area contributed by atoms with Crippen LogP contribution in [0.3, 0.4) is 0 Å². The Labute approximate surface area is 195 Å². The van der Waals surface area contributed by atoms with Gasteiger partial charge < -0.3 is 10.4 Å². The van der Waals surface area contributed by atoms with Crippen molar-refractivity contribution < 1.29 is 10.0 Å². The Bertz CT molecular complexity index is 1110. The van der Waals surface area contributed by atoms with Crippen LogP contribution in [-0.4, -0.2) is 45.7 Å². The van der Waals surface area contributed by atoms with E-state index in [2.05, 4.69) is 66.5 Å². The third-order valence-electron chi connectivity index (χ3n) is 6.67. The van der Waals surface area contributed by atoms with Gasteiger partial charge in [0.2, 0.25) is 0 Å². The van der Waals surface area contributed by atoms with E-state index in [1.54, 1.807) is 12.1 Å². The number of benzene rings is 3. The molecular weight excluding hydrogens is 414 g/mol. The van der Waals surface area contributed by atoms with Crippen LogP contribution in [0.5, 0.6) is 0 Å². The molecule has 2 atom stereocenters. The van der Waals surface area contributed by atoms with Crippen LogP contribution in [0.2, 0.25) is 0 Å². The van der Waals surface area contributed by atoms with Gasteiger partial charge in [0, 0.05) is 36.3 Å². The predicted octanol–water partition coefficient (Wildman–Crippen LogP) is 4.68. The fraction of sp³-hybridized carbons (Fsp3) is 0.407. The van der Waals surface area contributed by atoms with Crippen LogP contribution in [0.15, 0.2) is 66.7 Å². The average Bonchev–Trinajstić information content (AvgIpc) is 3.25. The van der Waals surface area contributed by atoms with Gasteiger partial charge in [-0.05, 0) is 56.0 Å². The summed E-state index contributed by atoms with van der Waals surface area (Å²) in [6, 6.07) is 21.8. The average molecular weight is 448 g/mol. The number of β-amino-alcohol motifs (C(OH)–C–C–N with tert-alkyl or cyclic N) is 1. The lowest BCUT2D eigenvalue weighted by Crippen LogP contribution is -2.50. The molecule has 0 spiro atoms. The Morgan fingerprint density at radius 1 is 1.12 bits per heavy atom. The molecular formula is C27H33N3O3. The van der Waals surface area contributed by atoms with E-state index in [1.807, 2.05) is 12.1 Å². The van der Waals surface area contributed by atoms with Crippen molar-refractivity contribution in [2.24, 2.45) is 0 Å². The highest BCUT2D eigenvalue weighted by molar-refractivity contribution is 5.83. The van der Waals surface area contributed by atoms with E-state index < -0.39 is 6.10 Å². The van der Waals surface area contributed by atoms with Crippen molar-refractivity contribution in [2.75, 3.05) is 13.1 Å². The van der Waals surface area contributed by atoms with Crippen molar-refractivity contribution in [3.05, 3.63) is 88.0 Å². The Balaban J connectivity index is 1.36. The van der Waals surface area contributed by atoms with Crippen molar-refractivity contribution >= 4 is 16.5 Å². The zero-order chi connectivity index (χ0) is 23.4. The second-order valence-corrected chi connectivity index (χ2v) is 9.76. The lowest BCUT2D eigenvalue weighted by molar-refractivity contribution is -0.385. The smallest absolute Gasteiger partial charge is 0.273 e. The molecule has 0 amide bonds. The number of aliphatic hydroxyl groups is 1. The van der Waals surface area contributed by atoms with Crippen LogP contribution < -0.4 is 5.32 Å². The first kappa shape index (κ1) is 23.4. The summed E-state index contributed by atoms with van der Waals surface area (Å²) in [6.45, 7) is 6.13. The number of para-hydroxylation sites is 1. The summed E-state index contributed by atoms with van der Waals surface area (Å²) in [5.74, 6) is 0. The van der Waals surface area contributed by atoms with E-state index in [-0.39, 0.29) is 22.2 Å². The van der Waals surface area contributed by atoms with Gasteiger partial charge in [0.25, 0.3) is 5.69 Å². The van der Waals surface area contributed by atoms with Crippen LogP contribution in [0.1, 0.15) is 37.8 Å². The number of hydrogen-bond donors (Lipinski definition) is 2. The fourth-order valence-corrected chi connectivity index (χ4v) is 4.96. The summed E-state index contributed by atoms with van der Waals surface area (Å²) < 4.78 is 0. The molecule has 0 radical (unpaired) electrons. The number of rotatable bonds is 9. The predicted molar refractivity (Wildman–Crippen MR) is 132 cm³/mol. The molecule has 33 heavy (non-hydrogen) atoms. The molecule has 4 rings (SSSR count). The molecule has 3 aromatic carbocycles. The highest BCUT2D eigenvalue weighted by Crippen LogP contribution is 2.27. The van der Waals surface area contributed by atoms with Gasteiger partial charge >= 0.3 is 0 Å². The third kappa shape index (κ3) is 5.77. The zero-order valence-corrected chi connectivity index (χ0v) is 19.4. The van der Waals surface area contributed by atoms with Gasteiger partial charge in [0.1, 0.15) is 0 Å². The summed E-state index contributed by atoms with van der Waals surface area (Å²) in [7, 11) is 0. The number of nitro benzene ring substituents is 1. The summed E-state index contributed by atoms with van der Waals surface area (Å²) in [5, 5.41) is 28.4. The minimum Gasteiger partial charge on any atom is -0.390 e. The Morgan fingerprint density at radius 3 is 2.64 bits per heavy atom. The molecule has 3 aromatic rings. The monoisotopic (exact) mass is 447 g/mol. The fourth-order valence-electron chi connectivity index (χ4n) is 4.96. The highest BCUT2D eigenvalue weighted by atomic mass is 16.6. The van der Waals surface area contributed by atoms with Crippen molar-refractivity contribution in [3.8, 4) is 0 Å². The summed E-state index contributed by atoms with van der Waals surface area (Å²) >= 11 is 0. The van der Waals surface area contributed by atoms with Gasteiger partial charge in [0.05, 0.1) is 11.0 Å². The van der Waals surface area contributed by atoms with Gasteiger partial charge in [-0.2, -0.15) is 0 Å². The first-order valence-corrected chi connectivity index (χ1v) is 11.7. The molecule has 0 unspecified atom stereocenters. The second kappa shape index (κ2) is 10.00. The Hall–Kier alpha value is -2.80. The number of nitrogens with zero attached hydrogens (tertiary/aromatic N) is 2. The highest BCUT2D eigenvalue weighted by Gasteiger charge is 2.32. The molecule has 174 valence electrons. The maximum absolute atomic E-state index is 11.4. The van der Waals surface area contributed by atoms with Crippen LogP contribution in [-0.2, 0) is 13.0 Å². The largest absolute Gasteiger partial charge is 0.390 e. The number of nitrogens with one attached hydrogen (secondary N) is 1. The molecule has 0 aromatic heterocycles. The third-order valence-corrected chi connectivity index (χ3v) is 6.67. The van der Waals surface area contributed by atoms with Crippen molar-refractivity contribution in [1.82, 2.24) is 10.2 Å². The number of aliphatic hydroxyl groups excluding tert-OH is 1.